The van der Waals surface area contributed by atoms with Crippen molar-refractivity contribution in [3.63, 3.8) is 0 Å². The van der Waals surface area contributed by atoms with Gasteiger partial charge in [-0.1, -0.05) is 0 Å². The van der Waals surface area contributed by atoms with Crippen LogP contribution in [0.4, 0.5) is 0 Å². The van der Waals surface area contributed by atoms with E-state index in [2.05, 4.69) is 9.47 Å². The Kier molecular flexibility index (Phi) is 9.30. The molecular formula is C17H18N2O10. The molecule has 0 bridgehead atoms. The minimum Gasteiger partial charge on any atom is -0.466 e. The van der Waals surface area contributed by atoms with Crippen molar-refractivity contribution in [3.8, 4) is 0 Å². The molecule has 156 valence electrons. The summed E-state index contributed by atoms with van der Waals surface area (Å²) in [5, 5.41) is 0. The molecule has 1 unspecified atom stereocenters. The fourth-order valence-corrected chi connectivity index (χ4v) is 1.77. The first-order chi connectivity index (χ1) is 13.7. The van der Waals surface area contributed by atoms with E-state index in [0.29, 0.717) is 0 Å². The molecule has 1 rings (SSSR count). The molecule has 0 saturated heterocycles. The van der Waals surface area contributed by atoms with Gasteiger partial charge in [-0.05, 0) is 0 Å². The standard InChI is InChI=1S/C17H18N2O10/c1-26-13(21)3-5-15(23)28-10-11(29-16(24)6-4-14(22)27-2)9-19-8-7-12(20)18-17(19)25/h3-8,11H,9-10H2,1-2H3,(H,18,20,25)/b5-3+,6-4+. The molecule has 0 saturated carbocycles. The maximum absolute atomic E-state index is 11.8. The fourth-order valence-electron chi connectivity index (χ4n) is 1.77. The number of nitrogens with one attached hydrogen (secondary N) is 1. The van der Waals surface area contributed by atoms with Crippen molar-refractivity contribution in [3.05, 3.63) is 57.4 Å². The van der Waals surface area contributed by atoms with E-state index < -0.39 is 47.8 Å². The van der Waals surface area contributed by atoms with Gasteiger partial charge >= 0.3 is 29.6 Å². The number of methoxy groups -OCH3 is 2. The number of aromatic amines is 1. The monoisotopic (exact) mass is 410 g/mol. The van der Waals surface area contributed by atoms with Gasteiger partial charge in [-0.2, -0.15) is 0 Å². The van der Waals surface area contributed by atoms with Crippen molar-refractivity contribution in [2.75, 3.05) is 20.8 Å². The number of ether oxygens (including phenoxy) is 4. The Hall–Kier alpha value is -3.96. The molecule has 0 spiro atoms. The summed E-state index contributed by atoms with van der Waals surface area (Å²) in [7, 11) is 2.24. The summed E-state index contributed by atoms with van der Waals surface area (Å²) in [4.78, 5) is 70.4. The first kappa shape index (κ1) is 23.1. The fraction of sp³-hybridized carbons (Fsp3) is 0.294. The minimum absolute atomic E-state index is 0.276. The average Bonchev–Trinajstić information content (AvgIpc) is 2.70. The summed E-state index contributed by atoms with van der Waals surface area (Å²) in [5.74, 6) is -3.48. The normalized spacial score (nSPS) is 11.8. The van der Waals surface area contributed by atoms with Crippen molar-refractivity contribution in [1.82, 2.24) is 9.55 Å². The second-order valence-corrected chi connectivity index (χ2v) is 5.16. The summed E-state index contributed by atoms with van der Waals surface area (Å²) in [5.41, 5.74) is -1.40. The predicted molar refractivity (Wildman–Crippen MR) is 94.5 cm³/mol. The number of carbonyl (C=O) groups excluding carboxylic acids is 4. The van der Waals surface area contributed by atoms with E-state index in [1.165, 1.54) is 0 Å². The van der Waals surface area contributed by atoms with Gasteiger partial charge in [0.25, 0.3) is 5.56 Å². The molecule has 12 heteroatoms. The summed E-state index contributed by atoms with van der Waals surface area (Å²) < 4.78 is 19.6. The quantitative estimate of drug-likeness (QED) is 0.287. The molecule has 29 heavy (non-hydrogen) atoms. The molecule has 1 N–H and O–H groups in total. The van der Waals surface area contributed by atoms with Gasteiger partial charge in [-0.15, -0.1) is 0 Å². The van der Waals surface area contributed by atoms with E-state index in [1.807, 2.05) is 4.98 Å². The summed E-state index contributed by atoms with van der Waals surface area (Å²) in [6, 6.07) is 1.07. The molecule has 0 aromatic carbocycles. The van der Waals surface area contributed by atoms with E-state index in [-0.39, 0.29) is 6.54 Å². The lowest BCUT2D eigenvalue weighted by Crippen LogP contribution is -2.36. The third-order valence-corrected chi connectivity index (χ3v) is 3.10. The molecule has 12 nitrogen and oxygen atoms in total. The van der Waals surface area contributed by atoms with Crippen molar-refractivity contribution >= 4 is 23.9 Å². The maximum Gasteiger partial charge on any atom is 0.331 e. The summed E-state index contributed by atoms with van der Waals surface area (Å²) in [6.45, 7) is -0.769. The third kappa shape index (κ3) is 8.99. The Bertz CT molecular complexity index is 925. The van der Waals surface area contributed by atoms with Gasteiger partial charge < -0.3 is 18.9 Å². The number of esters is 4. The molecule has 1 aromatic rings. The predicted octanol–water partition coefficient (Wildman–Crippen LogP) is -1.55. The third-order valence-electron chi connectivity index (χ3n) is 3.10. The molecule has 0 aliphatic carbocycles. The van der Waals surface area contributed by atoms with Gasteiger partial charge in [-0.25, -0.2) is 24.0 Å². The van der Waals surface area contributed by atoms with Crippen LogP contribution >= 0.6 is 0 Å². The molecule has 0 aliphatic heterocycles. The molecule has 1 heterocycles. The maximum atomic E-state index is 11.8. The van der Waals surface area contributed by atoms with Gasteiger partial charge in [0.1, 0.15) is 6.61 Å². The second kappa shape index (κ2) is 11.7. The lowest BCUT2D eigenvalue weighted by atomic mass is 10.3. The molecular weight excluding hydrogens is 392 g/mol. The van der Waals surface area contributed by atoms with Crippen LogP contribution in [0, 0.1) is 0 Å². The zero-order valence-corrected chi connectivity index (χ0v) is 15.5. The lowest BCUT2D eigenvalue weighted by molar-refractivity contribution is -0.153. The Balaban J connectivity index is 2.86. The van der Waals surface area contributed by atoms with E-state index in [4.69, 9.17) is 9.47 Å². The van der Waals surface area contributed by atoms with Crippen LogP contribution in [0.15, 0.2) is 46.2 Å². The van der Waals surface area contributed by atoms with Gasteiger partial charge in [0.05, 0.1) is 20.8 Å². The first-order valence-electron chi connectivity index (χ1n) is 7.94. The number of rotatable bonds is 9. The zero-order valence-electron chi connectivity index (χ0n) is 15.5. The van der Waals surface area contributed by atoms with Crippen molar-refractivity contribution in [2.45, 2.75) is 12.6 Å². The van der Waals surface area contributed by atoms with Crippen LogP contribution in [0.2, 0.25) is 0 Å². The van der Waals surface area contributed by atoms with Crippen LogP contribution in [0.1, 0.15) is 0 Å². The smallest absolute Gasteiger partial charge is 0.331 e. The molecule has 1 atom stereocenters. The van der Waals surface area contributed by atoms with Crippen molar-refractivity contribution in [2.24, 2.45) is 0 Å². The number of aromatic nitrogens is 2. The topological polar surface area (TPSA) is 160 Å². The molecule has 0 amide bonds. The molecule has 1 aromatic heterocycles. The number of carbonyl (C=O) groups is 4. The highest BCUT2D eigenvalue weighted by molar-refractivity contribution is 5.92. The SMILES string of the molecule is COC(=O)/C=C/C(=O)OCC(Cn1ccc(=O)[nH]c1=O)OC(=O)/C=C/C(=O)OC. The average molecular weight is 410 g/mol. The molecule has 0 aliphatic rings. The van der Waals surface area contributed by atoms with Crippen LogP contribution < -0.4 is 11.2 Å². The number of hydrogen-bond acceptors (Lipinski definition) is 10. The highest BCUT2D eigenvalue weighted by Crippen LogP contribution is 2.00. The van der Waals surface area contributed by atoms with Crippen molar-refractivity contribution < 1.29 is 38.1 Å². The summed E-state index contributed by atoms with van der Waals surface area (Å²) >= 11 is 0. The van der Waals surface area contributed by atoms with Gasteiger partial charge in [0.2, 0.25) is 0 Å². The van der Waals surface area contributed by atoms with E-state index >= 15 is 0 Å². The Labute approximate surface area is 163 Å². The minimum atomic E-state index is -1.16. The Morgan fingerprint density at radius 3 is 2.07 bits per heavy atom. The van der Waals surface area contributed by atoms with E-state index in [1.54, 1.807) is 0 Å². The molecule has 0 radical (unpaired) electrons. The zero-order chi connectivity index (χ0) is 21.8. The van der Waals surface area contributed by atoms with Crippen LogP contribution in [0.3, 0.4) is 0 Å². The Morgan fingerprint density at radius 2 is 1.52 bits per heavy atom. The number of H-pyrrole nitrogens is 1. The van der Waals surface area contributed by atoms with Crippen LogP contribution in [0.5, 0.6) is 0 Å². The highest BCUT2D eigenvalue weighted by atomic mass is 16.6. The number of hydrogen-bond donors (Lipinski definition) is 1. The summed E-state index contributed by atoms with van der Waals surface area (Å²) in [6.07, 6.45) is 3.22. The van der Waals surface area contributed by atoms with Crippen molar-refractivity contribution in [1.29, 1.82) is 0 Å². The number of nitrogens with zero attached hydrogens (tertiary/aromatic N) is 1. The molecule has 0 fully saturated rings. The van der Waals surface area contributed by atoms with Gasteiger partial charge in [-0.3, -0.25) is 14.3 Å². The second-order valence-electron chi connectivity index (χ2n) is 5.16. The van der Waals surface area contributed by atoms with Gasteiger partial charge in [0, 0.05) is 36.6 Å². The van der Waals surface area contributed by atoms with Crippen LogP contribution in [-0.4, -0.2) is 60.4 Å². The van der Waals surface area contributed by atoms with Crippen LogP contribution in [-0.2, 0) is 44.7 Å². The van der Waals surface area contributed by atoms with Crippen LogP contribution in [0.25, 0.3) is 0 Å². The van der Waals surface area contributed by atoms with Gasteiger partial charge in [0.15, 0.2) is 6.10 Å². The highest BCUT2D eigenvalue weighted by Gasteiger charge is 2.17. The Morgan fingerprint density at radius 1 is 0.966 bits per heavy atom. The van der Waals surface area contributed by atoms with E-state index in [9.17, 15) is 28.8 Å². The largest absolute Gasteiger partial charge is 0.466 e. The first-order valence-corrected chi connectivity index (χ1v) is 7.94. The lowest BCUT2D eigenvalue weighted by Gasteiger charge is -2.17. The van der Waals surface area contributed by atoms with E-state index in [0.717, 1.165) is 55.4 Å².